The first-order valence-corrected chi connectivity index (χ1v) is 5.22. The molecule has 0 atom stereocenters. The standard InChI is InChI=1S/C10H17N3O/c1-2-13-4-3-11-10(13)12-7-8-5-9(14)6-8/h3-4,8-9,14H,2,5-7H2,1H3,(H,11,12). The second kappa shape index (κ2) is 4.00. The Balaban J connectivity index is 1.80. The highest BCUT2D eigenvalue weighted by molar-refractivity contribution is 5.25. The van der Waals surface area contributed by atoms with Gasteiger partial charge in [0.1, 0.15) is 0 Å². The molecule has 1 saturated carbocycles. The van der Waals surface area contributed by atoms with Crippen LogP contribution in [0, 0.1) is 5.92 Å². The smallest absolute Gasteiger partial charge is 0.202 e. The number of aryl methyl sites for hydroxylation is 1. The van der Waals surface area contributed by atoms with Crippen molar-refractivity contribution in [2.45, 2.75) is 32.4 Å². The minimum Gasteiger partial charge on any atom is -0.393 e. The maximum atomic E-state index is 9.13. The Labute approximate surface area is 84.0 Å². The molecule has 2 rings (SSSR count). The van der Waals surface area contributed by atoms with Gasteiger partial charge in [-0.25, -0.2) is 4.98 Å². The lowest BCUT2D eigenvalue weighted by Crippen LogP contribution is -2.33. The van der Waals surface area contributed by atoms with Gasteiger partial charge in [-0.05, 0) is 25.7 Å². The van der Waals surface area contributed by atoms with Gasteiger partial charge in [0.05, 0.1) is 6.10 Å². The molecule has 2 N–H and O–H groups in total. The lowest BCUT2D eigenvalue weighted by atomic mass is 9.82. The summed E-state index contributed by atoms with van der Waals surface area (Å²) in [4.78, 5) is 4.23. The maximum absolute atomic E-state index is 9.13. The molecule has 0 saturated heterocycles. The maximum Gasteiger partial charge on any atom is 0.202 e. The van der Waals surface area contributed by atoms with Gasteiger partial charge in [-0.2, -0.15) is 0 Å². The lowest BCUT2D eigenvalue weighted by Gasteiger charge is -2.31. The molecule has 1 aromatic rings. The predicted molar refractivity (Wildman–Crippen MR) is 55.1 cm³/mol. The molecular formula is C10H17N3O. The Hall–Kier alpha value is -1.03. The fraction of sp³-hybridized carbons (Fsp3) is 0.700. The minimum absolute atomic E-state index is 0.0623. The van der Waals surface area contributed by atoms with Gasteiger partial charge in [0, 0.05) is 25.5 Å². The Morgan fingerprint density at radius 1 is 1.64 bits per heavy atom. The van der Waals surface area contributed by atoms with E-state index in [0.29, 0.717) is 5.92 Å². The number of hydrogen-bond acceptors (Lipinski definition) is 3. The minimum atomic E-state index is -0.0623. The van der Waals surface area contributed by atoms with E-state index in [2.05, 4.69) is 21.8 Å². The third-order valence-corrected chi connectivity index (χ3v) is 2.82. The third kappa shape index (κ3) is 1.90. The fourth-order valence-electron chi connectivity index (χ4n) is 1.83. The van der Waals surface area contributed by atoms with Crippen molar-refractivity contribution in [3.05, 3.63) is 12.4 Å². The summed E-state index contributed by atoms with van der Waals surface area (Å²) in [6.07, 6.45) is 5.58. The van der Waals surface area contributed by atoms with E-state index in [1.807, 2.05) is 6.20 Å². The lowest BCUT2D eigenvalue weighted by molar-refractivity contribution is 0.0486. The Morgan fingerprint density at radius 3 is 3.07 bits per heavy atom. The molecule has 14 heavy (non-hydrogen) atoms. The van der Waals surface area contributed by atoms with Crippen molar-refractivity contribution in [2.24, 2.45) is 5.92 Å². The van der Waals surface area contributed by atoms with E-state index >= 15 is 0 Å². The fourth-order valence-corrected chi connectivity index (χ4v) is 1.83. The molecule has 1 aliphatic rings. The van der Waals surface area contributed by atoms with Crippen molar-refractivity contribution < 1.29 is 5.11 Å². The summed E-state index contributed by atoms with van der Waals surface area (Å²) in [6, 6.07) is 0. The van der Waals surface area contributed by atoms with Gasteiger partial charge < -0.3 is 15.0 Å². The van der Waals surface area contributed by atoms with E-state index < -0.39 is 0 Å². The van der Waals surface area contributed by atoms with Gasteiger partial charge in [0.15, 0.2) is 0 Å². The van der Waals surface area contributed by atoms with Gasteiger partial charge >= 0.3 is 0 Å². The van der Waals surface area contributed by atoms with E-state index in [-0.39, 0.29) is 6.10 Å². The second-order valence-electron chi connectivity index (χ2n) is 3.91. The highest BCUT2D eigenvalue weighted by Crippen LogP contribution is 2.26. The summed E-state index contributed by atoms with van der Waals surface area (Å²) in [7, 11) is 0. The van der Waals surface area contributed by atoms with E-state index in [0.717, 1.165) is 31.9 Å². The highest BCUT2D eigenvalue weighted by Gasteiger charge is 2.26. The first-order chi connectivity index (χ1) is 6.79. The molecule has 0 radical (unpaired) electrons. The number of aliphatic hydroxyl groups excluding tert-OH is 1. The highest BCUT2D eigenvalue weighted by atomic mass is 16.3. The second-order valence-corrected chi connectivity index (χ2v) is 3.91. The molecular weight excluding hydrogens is 178 g/mol. The average molecular weight is 195 g/mol. The molecule has 1 heterocycles. The molecule has 0 bridgehead atoms. The Kier molecular flexibility index (Phi) is 2.72. The Morgan fingerprint density at radius 2 is 2.43 bits per heavy atom. The number of imidazole rings is 1. The molecule has 0 aromatic carbocycles. The van der Waals surface area contributed by atoms with Crippen LogP contribution >= 0.6 is 0 Å². The van der Waals surface area contributed by atoms with Gasteiger partial charge in [-0.3, -0.25) is 0 Å². The van der Waals surface area contributed by atoms with Crippen molar-refractivity contribution in [2.75, 3.05) is 11.9 Å². The molecule has 1 aliphatic carbocycles. The van der Waals surface area contributed by atoms with E-state index in [9.17, 15) is 0 Å². The van der Waals surface area contributed by atoms with Crippen molar-refractivity contribution in [1.82, 2.24) is 9.55 Å². The van der Waals surface area contributed by atoms with Crippen LogP contribution in [0.5, 0.6) is 0 Å². The summed E-state index contributed by atoms with van der Waals surface area (Å²) in [5.41, 5.74) is 0. The van der Waals surface area contributed by atoms with Crippen LogP contribution in [-0.4, -0.2) is 27.3 Å². The van der Waals surface area contributed by atoms with Gasteiger partial charge in [-0.15, -0.1) is 0 Å². The van der Waals surface area contributed by atoms with Crippen molar-refractivity contribution in [3.63, 3.8) is 0 Å². The zero-order chi connectivity index (χ0) is 9.97. The topological polar surface area (TPSA) is 50.1 Å². The monoisotopic (exact) mass is 195 g/mol. The van der Waals surface area contributed by atoms with Crippen LogP contribution in [0.4, 0.5) is 5.95 Å². The normalized spacial score (nSPS) is 25.9. The molecule has 0 amide bonds. The molecule has 0 unspecified atom stereocenters. The van der Waals surface area contributed by atoms with Crippen LogP contribution < -0.4 is 5.32 Å². The number of nitrogens with one attached hydrogen (secondary N) is 1. The van der Waals surface area contributed by atoms with Crippen LogP contribution in [0.2, 0.25) is 0 Å². The molecule has 0 spiro atoms. The van der Waals surface area contributed by atoms with Crippen LogP contribution in [0.25, 0.3) is 0 Å². The van der Waals surface area contributed by atoms with E-state index in [1.54, 1.807) is 6.20 Å². The zero-order valence-electron chi connectivity index (χ0n) is 8.48. The van der Waals surface area contributed by atoms with Crippen molar-refractivity contribution in [3.8, 4) is 0 Å². The number of nitrogens with zero attached hydrogens (tertiary/aromatic N) is 2. The van der Waals surface area contributed by atoms with Crippen molar-refractivity contribution in [1.29, 1.82) is 0 Å². The molecule has 1 aromatic heterocycles. The van der Waals surface area contributed by atoms with Crippen LogP contribution in [0.3, 0.4) is 0 Å². The van der Waals surface area contributed by atoms with Crippen molar-refractivity contribution >= 4 is 5.95 Å². The summed E-state index contributed by atoms with van der Waals surface area (Å²) < 4.78 is 2.08. The number of hydrogen-bond donors (Lipinski definition) is 2. The zero-order valence-corrected chi connectivity index (χ0v) is 8.48. The van der Waals surface area contributed by atoms with E-state index in [1.165, 1.54) is 0 Å². The van der Waals surface area contributed by atoms with Crippen LogP contribution in [0.15, 0.2) is 12.4 Å². The number of aromatic nitrogens is 2. The predicted octanol–water partition coefficient (Wildman–Crippen LogP) is 1.09. The molecule has 4 nitrogen and oxygen atoms in total. The Bertz CT molecular complexity index is 291. The molecule has 78 valence electrons. The summed E-state index contributed by atoms with van der Waals surface area (Å²) >= 11 is 0. The van der Waals surface area contributed by atoms with Crippen LogP contribution in [-0.2, 0) is 6.54 Å². The largest absolute Gasteiger partial charge is 0.393 e. The summed E-state index contributed by atoms with van der Waals surface area (Å²) in [5.74, 6) is 1.56. The third-order valence-electron chi connectivity index (χ3n) is 2.82. The summed E-state index contributed by atoms with van der Waals surface area (Å²) in [6.45, 7) is 3.96. The first kappa shape index (κ1) is 9.52. The SMILES string of the molecule is CCn1ccnc1NCC1CC(O)C1. The average Bonchev–Trinajstić information content (AvgIpc) is 2.57. The number of anilines is 1. The first-order valence-electron chi connectivity index (χ1n) is 5.22. The van der Waals surface area contributed by atoms with Gasteiger partial charge in [-0.1, -0.05) is 0 Å². The quantitative estimate of drug-likeness (QED) is 0.756. The molecule has 1 fully saturated rings. The number of aliphatic hydroxyl groups is 1. The molecule has 4 heteroatoms. The summed E-state index contributed by atoms with van der Waals surface area (Å²) in [5, 5.41) is 12.4. The van der Waals surface area contributed by atoms with Crippen LogP contribution in [0.1, 0.15) is 19.8 Å². The van der Waals surface area contributed by atoms with Gasteiger partial charge in [0.2, 0.25) is 5.95 Å². The number of rotatable bonds is 4. The molecule has 0 aliphatic heterocycles. The van der Waals surface area contributed by atoms with Gasteiger partial charge in [0.25, 0.3) is 0 Å². The van der Waals surface area contributed by atoms with E-state index in [4.69, 9.17) is 5.11 Å².